The number of ether oxygens (including phenoxy) is 3. The van der Waals surface area contributed by atoms with E-state index in [0.29, 0.717) is 39.8 Å². The molecule has 0 fully saturated rings. The SMILES string of the molecule is COc1ccccc1NC(=O)c1ccc(NC(=O)COc2ccc(C#N)cc2OC)cc1. The molecule has 0 aromatic heterocycles. The van der Waals surface area contributed by atoms with Crippen molar-refractivity contribution >= 4 is 23.2 Å². The number of nitrogens with zero attached hydrogens (tertiary/aromatic N) is 1. The van der Waals surface area contributed by atoms with Gasteiger partial charge < -0.3 is 24.8 Å². The van der Waals surface area contributed by atoms with Crippen molar-refractivity contribution in [1.29, 1.82) is 5.26 Å². The van der Waals surface area contributed by atoms with Crippen LogP contribution in [-0.2, 0) is 4.79 Å². The van der Waals surface area contributed by atoms with Crippen LogP contribution in [0.2, 0.25) is 0 Å². The smallest absolute Gasteiger partial charge is 0.262 e. The maximum absolute atomic E-state index is 12.5. The van der Waals surface area contributed by atoms with Gasteiger partial charge in [0.05, 0.1) is 31.5 Å². The van der Waals surface area contributed by atoms with E-state index in [1.165, 1.54) is 20.3 Å². The second-order valence-electron chi connectivity index (χ2n) is 6.55. The molecule has 162 valence electrons. The third-order valence-electron chi connectivity index (χ3n) is 4.44. The number of amides is 2. The summed E-state index contributed by atoms with van der Waals surface area (Å²) in [4.78, 5) is 24.7. The van der Waals surface area contributed by atoms with Gasteiger partial charge in [-0.3, -0.25) is 9.59 Å². The maximum atomic E-state index is 12.5. The fourth-order valence-corrected chi connectivity index (χ4v) is 2.84. The van der Waals surface area contributed by atoms with Crippen LogP contribution in [0, 0.1) is 11.3 Å². The fourth-order valence-electron chi connectivity index (χ4n) is 2.84. The lowest BCUT2D eigenvalue weighted by Gasteiger charge is -2.12. The molecule has 2 amide bonds. The fraction of sp³-hybridized carbons (Fsp3) is 0.125. The largest absolute Gasteiger partial charge is 0.495 e. The minimum atomic E-state index is -0.386. The average Bonchev–Trinajstić information content (AvgIpc) is 2.83. The first-order chi connectivity index (χ1) is 15.5. The molecule has 0 aliphatic carbocycles. The van der Waals surface area contributed by atoms with E-state index in [1.807, 2.05) is 12.1 Å². The normalized spacial score (nSPS) is 9.91. The summed E-state index contributed by atoms with van der Waals surface area (Å²) in [5, 5.41) is 14.4. The molecule has 0 spiro atoms. The van der Waals surface area contributed by atoms with Crippen LogP contribution in [0.25, 0.3) is 0 Å². The third-order valence-corrected chi connectivity index (χ3v) is 4.44. The molecule has 8 heteroatoms. The van der Waals surface area contributed by atoms with E-state index < -0.39 is 0 Å². The van der Waals surface area contributed by atoms with Crippen molar-refractivity contribution in [2.45, 2.75) is 0 Å². The van der Waals surface area contributed by atoms with Crippen molar-refractivity contribution < 1.29 is 23.8 Å². The first-order valence-corrected chi connectivity index (χ1v) is 9.59. The molecular weight excluding hydrogens is 410 g/mol. The first-order valence-electron chi connectivity index (χ1n) is 9.59. The van der Waals surface area contributed by atoms with Crippen molar-refractivity contribution in [3.63, 3.8) is 0 Å². The summed E-state index contributed by atoms with van der Waals surface area (Å²) in [5.41, 5.74) is 1.92. The monoisotopic (exact) mass is 431 g/mol. The third kappa shape index (κ3) is 5.55. The molecule has 2 N–H and O–H groups in total. The van der Waals surface area contributed by atoms with E-state index in [9.17, 15) is 9.59 Å². The molecule has 0 heterocycles. The van der Waals surface area contributed by atoms with Gasteiger partial charge in [0.15, 0.2) is 18.1 Å². The minimum Gasteiger partial charge on any atom is -0.495 e. The Morgan fingerprint density at radius 1 is 0.875 bits per heavy atom. The highest BCUT2D eigenvalue weighted by Crippen LogP contribution is 2.28. The van der Waals surface area contributed by atoms with Crippen LogP contribution in [0.1, 0.15) is 15.9 Å². The van der Waals surface area contributed by atoms with Crippen molar-refractivity contribution in [1.82, 2.24) is 0 Å². The van der Waals surface area contributed by atoms with E-state index in [1.54, 1.807) is 54.6 Å². The number of nitrogens with one attached hydrogen (secondary N) is 2. The van der Waals surface area contributed by atoms with E-state index in [2.05, 4.69) is 10.6 Å². The lowest BCUT2D eigenvalue weighted by Crippen LogP contribution is -2.20. The van der Waals surface area contributed by atoms with Crippen molar-refractivity contribution in [3.8, 4) is 23.3 Å². The molecule has 0 bridgehead atoms. The lowest BCUT2D eigenvalue weighted by molar-refractivity contribution is -0.118. The standard InChI is InChI=1S/C24H21N3O5/c1-30-20-6-4-3-5-19(20)27-24(29)17-8-10-18(11-9-17)26-23(28)15-32-21-12-7-16(14-25)13-22(21)31-2/h3-13H,15H2,1-2H3,(H,26,28)(H,27,29). The quantitative estimate of drug-likeness (QED) is 0.561. The zero-order chi connectivity index (χ0) is 22.9. The van der Waals surface area contributed by atoms with E-state index in [4.69, 9.17) is 19.5 Å². The number of nitriles is 1. The number of methoxy groups -OCH3 is 2. The molecule has 8 nitrogen and oxygen atoms in total. The molecular formula is C24H21N3O5. The zero-order valence-corrected chi connectivity index (χ0v) is 17.5. The van der Waals surface area contributed by atoms with Gasteiger partial charge in [-0.25, -0.2) is 0 Å². The zero-order valence-electron chi connectivity index (χ0n) is 17.5. The molecule has 0 aliphatic rings. The molecule has 3 aromatic rings. The number of anilines is 2. The van der Waals surface area contributed by atoms with Crippen molar-refractivity contribution in [3.05, 3.63) is 77.9 Å². The predicted octanol–water partition coefficient (Wildman–Crippen LogP) is 3.85. The second kappa shape index (κ2) is 10.5. The van der Waals surface area contributed by atoms with Gasteiger partial charge in [-0.15, -0.1) is 0 Å². The van der Waals surface area contributed by atoms with Gasteiger partial charge >= 0.3 is 0 Å². The summed E-state index contributed by atoms with van der Waals surface area (Å²) in [7, 11) is 2.98. The van der Waals surface area contributed by atoms with Gasteiger partial charge in [-0.1, -0.05) is 12.1 Å². The Bertz CT molecular complexity index is 1150. The second-order valence-corrected chi connectivity index (χ2v) is 6.55. The molecule has 0 unspecified atom stereocenters. The number of rotatable bonds is 8. The van der Waals surface area contributed by atoms with Gasteiger partial charge in [0, 0.05) is 17.3 Å². The van der Waals surface area contributed by atoms with Gasteiger partial charge in [0.2, 0.25) is 0 Å². The number of benzene rings is 3. The van der Waals surface area contributed by atoms with Gasteiger partial charge in [-0.05, 0) is 48.5 Å². The highest BCUT2D eigenvalue weighted by molar-refractivity contribution is 6.05. The maximum Gasteiger partial charge on any atom is 0.262 e. The predicted molar refractivity (Wildman–Crippen MR) is 119 cm³/mol. The first kappa shape index (κ1) is 22.2. The molecule has 0 radical (unpaired) electrons. The Labute approximate surface area is 185 Å². The summed E-state index contributed by atoms with van der Waals surface area (Å²) in [6.07, 6.45) is 0. The van der Waals surface area contributed by atoms with E-state index >= 15 is 0 Å². The summed E-state index contributed by atoms with van der Waals surface area (Å²) in [6, 6.07) is 20.2. The Morgan fingerprint density at radius 3 is 2.28 bits per heavy atom. The number of para-hydroxylation sites is 2. The topological polar surface area (TPSA) is 110 Å². The number of carbonyl (C=O) groups is 2. The van der Waals surface area contributed by atoms with Crippen LogP contribution < -0.4 is 24.8 Å². The Balaban J connectivity index is 1.57. The summed E-state index contributed by atoms with van der Waals surface area (Å²) in [5.74, 6) is 0.585. The van der Waals surface area contributed by atoms with Crippen LogP contribution in [0.3, 0.4) is 0 Å². The molecule has 0 saturated heterocycles. The van der Waals surface area contributed by atoms with Crippen molar-refractivity contribution in [2.75, 3.05) is 31.5 Å². The van der Waals surface area contributed by atoms with E-state index in [0.717, 1.165) is 0 Å². The van der Waals surface area contributed by atoms with Crippen LogP contribution in [0.4, 0.5) is 11.4 Å². The Hall–Kier alpha value is -4.51. The molecule has 0 atom stereocenters. The van der Waals surface area contributed by atoms with E-state index in [-0.39, 0.29) is 18.4 Å². The van der Waals surface area contributed by atoms with Crippen LogP contribution in [0.5, 0.6) is 17.2 Å². The van der Waals surface area contributed by atoms with Crippen molar-refractivity contribution in [2.24, 2.45) is 0 Å². The summed E-state index contributed by atoms with van der Waals surface area (Å²) >= 11 is 0. The van der Waals surface area contributed by atoms with Crippen LogP contribution in [0.15, 0.2) is 66.7 Å². The molecule has 3 rings (SSSR count). The van der Waals surface area contributed by atoms with Gasteiger partial charge in [-0.2, -0.15) is 5.26 Å². The number of carbonyl (C=O) groups excluding carboxylic acids is 2. The summed E-state index contributed by atoms with van der Waals surface area (Å²) in [6.45, 7) is -0.252. The molecule has 32 heavy (non-hydrogen) atoms. The van der Waals surface area contributed by atoms with Crippen LogP contribution in [-0.4, -0.2) is 32.6 Å². The Morgan fingerprint density at radius 2 is 1.59 bits per heavy atom. The number of hydrogen-bond acceptors (Lipinski definition) is 6. The molecule has 3 aromatic carbocycles. The highest BCUT2D eigenvalue weighted by atomic mass is 16.5. The molecule has 0 saturated carbocycles. The highest BCUT2D eigenvalue weighted by Gasteiger charge is 2.11. The number of hydrogen-bond donors (Lipinski definition) is 2. The summed E-state index contributed by atoms with van der Waals surface area (Å²) < 4.78 is 15.9. The van der Waals surface area contributed by atoms with Gasteiger partial charge in [0.25, 0.3) is 11.8 Å². The minimum absolute atomic E-state index is 0.252. The van der Waals surface area contributed by atoms with Crippen LogP contribution >= 0.6 is 0 Å². The Kier molecular flexibility index (Phi) is 7.28. The average molecular weight is 431 g/mol. The molecule has 0 aliphatic heterocycles. The van der Waals surface area contributed by atoms with Gasteiger partial charge in [0.1, 0.15) is 5.75 Å². The lowest BCUT2D eigenvalue weighted by atomic mass is 10.2.